The number of aromatic nitrogens is 2. The van der Waals surface area contributed by atoms with Crippen LogP contribution in [-0.4, -0.2) is 34.1 Å². The van der Waals surface area contributed by atoms with Crippen LogP contribution in [0.3, 0.4) is 0 Å². The summed E-state index contributed by atoms with van der Waals surface area (Å²) in [5.74, 6) is 2.26. The van der Waals surface area contributed by atoms with Gasteiger partial charge in [-0.25, -0.2) is 4.98 Å². The van der Waals surface area contributed by atoms with E-state index in [4.69, 9.17) is 0 Å². The molecule has 1 unspecified atom stereocenters. The van der Waals surface area contributed by atoms with Crippen LogP contribution in [0.4, 0.5) is 5.82 Å². The standard InChI is InChI=1S/C13H21N3S/c1-3-17-12-6-4-5-7-16(10-12)13-9-14-8-11(2)15-13/h8-9,12H,3-7,10H2,1-2H3. The van der Waals surface area contributed by atoms with Gasteiger partial charge in [-0.15, -0.1) is 0 Å². The van der Waals surface area contributed by atoms with Crippen molar-refractivity contribution in [2.24, 2.45) is 0 Å². The number of thioether (sulfide) groups is 1. The van der Waals surface area contributed by atoms with Gasteiger partial charge in [0.2, 0.25) is 0 Å². The van der Waals surface area contributed by atoms with Crippen LogP contribution in [0.2, 0.25) is 0 Å². The molecule has 1 aromatic heterocycles. The summed E-state index contributed by atoms with van der Waals surface area (Å²) < 4.78 is 0. The van der Waals surface area contributed by atoms with Gasteiger partial charge in [-0.1, -0.05) is 13.3 Å². The van der Waals surface area contributed by atoms with E-state index in [-0.39, 0.29) is 0 Å². The third-order valence-corrected chi connectivity index (χ3v) is 4.29. The van der Waals surface area contributed by atoms with Crippen LogP contribution in [0.5, 0.6) is 0 Å². The number of nitrogens with zero attached hydrogens (tertiary/aromatic N) is 3. The van der Waals surface area contributed by atoms with Crippen molar-refractivity contribution in [3.8, 4) is 0 Å². The number of anilines is 1. The molecule has 0 radical (unpaired) electrons. The molecule has 1 aliphatic rings. The van der Waals surface area contributed by atoms with Crippen LogP contribution < -0.4 is 4.90 Å². The van der Waals surface area contributed by atoms with Crippen molar-refractivity contribution in [3.63, 3.8) is 0 Å². The molecule has 2 rings (SSSR count). The summed E-state index contributed by atoms with van der Waals surface area (Å²) in [6.07, 6.45) is 7.67. The molecule has 1 atom stereocenters. The zero-order chi connectivity index (χ0) is 12.1. The van der Waals surface area contributed by atoms with E-state index >= 15 is 0 Å². The molecule has 1 fully saturated rings. The molecule has 4 heteroatoms. The van der Waals surface area contributed by atoms with Crippen molar-refractivity contribution in [2.75, 3.05) is 23.7 Å². The minimum Gasteiger partial charge on any atom is -0.354 e. The average molecular weight is 251 g/mol. The Balaban J connectivity index is 2.08. The summed E-state index contributed by atoms with van der Waals surface area (Å²) in [4.78, 5) is 11.2. The fraction of sp³-hybridized carbons (Fsp3) is 0.692. The predicted octanol–water partition coefficient (Wildman–Crippen LogP) is 2.90. The maximum atomic E-state index is 4.59. The average Bonchev–Trinajstić information content (AvgIpc) is 2.55. The molecule has 0 aliphatic carbocycles. The molecule has 1 saturated heterocycles. The molecule has 1 aliphatic heterocycles. The summed E-state index contributed by atoms with van der Waals surface area (Å²) in [5, 5.41) is 0.754. The van der Waals surface area contributed by atoms with Crippen LogP contribution in [0.1, 0.15) is 31.9 Å². The first-order valence-corrected chi connectivity index (χ1v) is 7.49. The van der Waals surface area contributed by atoms with Gasteiger partial charge in [-0.3, -0.25) is 4.98 Å². The summed E-state index contributed by atoms with van der Waals surface area (Å²) in [6, 6.07) is 0. The third-order valence-electron chi connectivity index (χ3n) is 3.10. The summed E-state index contributed by atoms with van der Waals surface area (Å²) >= 11 is 2.08. The largest absolute Gasteiger partial charge is 0.354 e. The van der Waals surface area contributed by atoms with E-state index in [1.807, 2.05) is 19.3 Å². The molecule has 1 aromatic rings. The molecule has 3 nitrogen and oxygen atoms in total. The Kier molecular flexibility index (Phi) is 4.66. The van der Waals surface area contributed by atoms with E-state index in [1.165, 1.54) is 25.0 Å². The minimum absolute atomic E-state index is 0.754. The normalized spacial score (nSPS) is 21.3. The first-order valence-electron chi connectivity index (χ1n) is 6.45. The lowest BCUT2D eigenvalue weighted by Gasteiger charge is -2.24. The molecule has 0 spiro atoms. The van der Waals surface area contributed by atoms with E-state index in [0.29, 0.717) is 0 Å². The Morgan fingerprint density at radius 2 is 2.29 bits per heavy atom. The van der Waals surface area contributed by atoms with E-state index in [9.17, 15) is 0 Å². The number of hydrogen-bond donors (Lipinski definition) is 0. The fourth-order valence-electron chi connectivity index (χ4n) is 2.29. The van der Waals surface area contributed by atoms with Crippen molar-refractivity contribution in [3.05, 3.63) is 18.1 Å². The topological polar surface area (TPSA) is 29.0 Å². The first kappa shape index (κ1) is 12.7. The molecule has 0 aromatic carbocycles. The molecule has 0 amide bonds. The molecule has 0 saturated carbocycles. The third kappa shape index (κ3) is 3.60. The van der Waals surface area contributed by atoms with Crippen molar-refractivity contribution in [1.82, 2.24) is 9.97 Å². The highest BCUT2D eigenvalue weighted by atomic mass is 32.2. The maximum Gasteiger partial charge on any atom is 0.147 e. The summed E-state index contributed by atoms with van der Waals surface area (Å²) in [7, 11) is 0. The molecule has 0 N–H and O–H groups in total. The number of hydrogen-bond acceptors (Lipinski definition) is 4. The highest BCUT2D eigenvalue weighted by Gasteiger charge is 2.19. The smallest absolute Gasteiger partial charge is 0.147 e. The van der Waals surface area contributed by atoms with Crippen molar-refractivity contribution in [1.29, 1.82) is 0 Å². The molecular weight excluding hydrogens is 230 g/mol. The summed E-state index contributed by atoms with van der Waals surface area (Å²) in [5.41, 5.74) is 1.01. The van der Waals surface area contributed by atoms with Gasteiger partial charge >= 0.3 is 0 Å². The van der Waals surface area contributed by atoms with E-state index in [2.05, 4.69) is 33.6 Å². The van der Waals surface area contributed by atoms with Crippen molar-refractivity contribution >= 4 is 17.6 Å². The Hall–Kier alpha value is -0.770. The lowest BCUT2D eigenvalue weighted by molar-refractivity contribution is 0.735. The SMILES string of the molecule is CCSC1CCCCN(c2cncc(C)n2)C1. The Labute approximate surface area is 108 Å². The van der Waals surface area contributed by atoms with Crippen molar-refractivity contribution in [2.45, 2.75) is 38.4 Å². The zero-order valence-electron chi connectivity index (χ0n) is 10.7. The minimum atomic E-state index is 0.754. The zero-order valence-corrected chi connectivity index (χ0v) is 11.5. The monoisotopic (exact) mass is 251 g/mol. The van der Waals surface area contributed by atoms with Crippen LogP contribution >= 0.6 is 11.8 Å². The fourth-order valence-corrected chi connectivity index (χ4v) is 3.38. The number of aryl methyl sites for hydroxylation is 1. The second-order valence-electron chi connectivity index (χ2n) is 4.54. The Morgan fingerprint density at radius 1 is 1.41 bits per heavy atom. The highest BCUT2D eigenvalue weighted by Crippen LogP contribution is 2.24. The second-order valence-corrected chi connectivity index (χ2v) is 6.12. The molecule has 17 heavy (non-hydrogen) atoms. The van der Waals surface area contributed by atoms with E-state index < -0.39 is 0 Å². The van der Waals surface area contributed by atoms with Gasteiger partial charge in [0.25, 0.3) is 0 Å². The first-order chi connectivity index (χ1) is 8.29. The molecular formula is C13H21N3S. The van der Waals surface area contributed by atoms with E-state index in [0.717, 1.165) is 29.9 Å². The van der Waals surface area contributed by atoms with Gasteiger partial charge in [0.1, 0.15) is 5.82 Å². The Bertz CT molecular complexity index is 356. The van der Waals surface area contributed by atoms with E-state index in [1.54, 1.807) is 0 Å². The molecule has 94 valence electrons. The quantitative estimate of drug-likeness (QED) is 0.826. The lowest BCUT2D eigenvalue weighted by atomic mass is 10.2. The van der Waals surface area contributed by atoms with Crippen molar-refractivity contribution < 1.29 is 0 Å². The Morgan fingerprint density at radius 3 is 3.06 bits per heavy atom. The highest BCUT2D eigenvalue weighted by molar-refractivity contribution is 7.99. The van der Waals surface area contributed by atoms with Gasteiger partial charge in [-0.05, 0) is 25.5 Å². The maximum absolute atomic E-state index is 4.59. The van der Waals surface area contributed by atoms with Crippen LogP contribution in [0.15, 0.2) is 12.4 Å². The van der Waals surface area contributed by atoms with Gasteiger partial charge in [0.15, 0.2) is 0 Å². The van der Waals surface area contributed by atoms with Gasteiger partial charge in [0.05, 0.1) is 11.9 Å². The molecule has 0 bridgehead atoms. The van der Waals surface area contributed by atoms with Gasteiger partial charge in [0, 0.05) is 24.5 Å². The van der Waals surface area contributed by atoms with Gasteiger partial charge < -0.3 is 4.90 Å². The van der Waals surface area contributed by atoms with Crippen LogP contribution in [0, 0.1) is 6.92 Å². The van der Waals surface area contributed by atoms with Gasteiger partial charge in [-0.2, -0.15) is 11.8 Å². The molecule has 2 heterocycles. The summed E-state index contributed by atoms with van der Waals surface area (Å²) in [6.45, 7) is 6.49. The van der Waals surface area contributed by atoms with Crippen LogP contribution in [0.25, 0.3) is 0 Å². The number of rotatable bonds is 3. The predicted molar refractivity (Wildman–Crippen MR) is 74.8 cm³/mol. The lowest BCUT2D eigenvalue weighted by Crippen LogP contribution is -2.30. The van der Waals surface area contributed by atoms with Crippen LogP contribution in [-0.2, 0) is 0 Å². The second kappa shape index (κ2) is 6.24.